The molecule has 2 heteroatoms. The molecule has 1 aromatic rings. The Bertz CT molecular complexity index is 425. The second kappa shape index (κ2) is 6.73. The number of nitrogens with one attached hydrogen (secondary N) is 1. The molecule has 1 fully saturated rings. The van der Waals surface area contributed by atoms with Gasteiger partial charge in [0.25, 0.3) is 0 Å². The van der Waals surface area contributed by atoms with Crippen LogP contribution in [0.4, 0.5) is 0 Å². The quantitative estimate of drug-likeness (QED) is 0.879. The lowest BCUT2D eigenvalue weighted by Crippen LogP contribution is -2.44. The number of likely N-dealkylation sites (N-methyl/N-ethyl adjacent to an activating group) is 1. The highest BCUT2D eigenvalue weighted by Gasteiger charge is 2.28. The first kappa shape index (κ1) is 15.5. The van der Waals surface area contributed by atoms with E-state index in [0.29, 0.717) is 11.5 Å². The van der Waals surface area contributed by atoms with E-state index < -0.39 is 0 Å². The van der Waals surface area contributed by atoms with E-state index in [9.17, 15) is 0 Å². The fourth-order valence-electron chi connectivity index (χ4n) is 3.46. The Labute approximate surface area is 124 Å². The summed E-state index contributed by atoms with van der Waals surface area (Å²) in [6.07, 6.45) is 2.69. The summed E-state index contributed by atoms with van der Waals surface area (Å²) in [5.74, 6) is 0. The molecule has 20 heavy (non-hydrogen) atoms. The Morgan fingerprint density at radius 2 is 2.05 bits per heavy atom. The molecule has 0 spiro atoms. The molecule has 0 aromatic heterocycles. The van der Waals surface area contributed by atoms with Gasteiger partial charge in [-0.3, -0.25) is 0 Å². The molecule has 1 atom stereocenters. The smallest absolute Gasteiger partial charge is 0.0451 e. The third-order valence-electron chi connectivity index (χ3n) is 4.43. The highest BCUT2D eigenvalue weighted by Crippen LogP contribution is 2.30. The van der Waals surface area contributed by atoms with Crippen LogP contribution in [0.1, 0.15) is 50.8 Å². The molecule has 1 heterocycles. The zero-order valence-corrected chi connectivity index (χ0v) is 13.6. The van der Waals surface area contributed by atoms with E-state index in [1.165, 1.54) is 37.1 Å². The molecule has 0 bridgehead atoms. The number of hydrogen-bond donors (Lipinski definition) is 1. The van der Waals surface area contributed by atoms with Gasteiger partial charge in [0.2, 0.25) is 0 Å². The van der Waals surface area contributed by atoms with Crippen molar-refractivity contribution in [1.82, 2.24) is 10.2 Å². The fraction of sp³-hybridized carbons (Fsp3) is 0.667. The SMILES string of the molecule is CCNC(CN1CCCC(C)(C)C1)c1ccccc1C. The van der Waals surface area contributed by atoms with Crippen LogP contribution >= 0.6 is 0 Å². The maximum atomic E-state index is 3.67. The van der Waals surface area contributed by atoms with Crippen molar-refractivity contribution < 1.29 is 0 Å². The number of likely N-dealkylation sites (tertiary alicyclic amines) is 1. The van der Waals surface area contributed by atoms with Gasteiger partial charge >= 0.3 is 0 Å². The standard InChI is InChI=1S/C18H30N2/c1-5-19-17(16-10-7-6-9-15(16)2)13-20-12-8-11-18(3,4)14-20/h6-7,9-10,17,19H,5,8,11-14H2,1-4H3. The van der Waals surface area contributed by atoms with E-state index in [4.69, 9.17) is 0 Å². The van der Waals surface area contributed by atoms with E-state index in [1.54, 1.807) is 0 Å². The molecule has 1 saturated heterocycles. The molecule has 0 amide bonds. The minimum atomic E-state index is 0.454. The van der Waals surface area contributed by atoms with Crippen LogP contribution in [-0.4, -0.2) is 31.1 Å². The van der Waals surface area contributed by atoms with Crippen LogP contribution < -0.4 is 5.32 Å². The summed E-state index contributed by atoms with van der Waals surface area (Å²) in [4.78, 5) is 2.64. The summed E-state index contributed by atoms with van der Waals surface area (Å²) in [6.45, 7) is 13.8. The number of benzene rings is 1. The van der Waals surface area contributed by atoms with Crippen LogP contribution in [0.5, 0.6) is 0 Å². The van der Waals surface area contributed by atoms with Crippen molar-refractivity contribution in [3.8, 4) is 0 Å². The summed E-state index contributed by atoms with van der Waals surface area (Å²) in [6, 6.07) is 9.24. The summed E-state index contributed by atoms with van der Waals surface area (Å²) < 4.78 is 0. The van der Waals surface area contributed by atoms with Crippen LogP contribution in [0.2, 0.25) is 0 Å². The molecule has 1 unspecified atom stereocenters. The van der Waals surface area contributed by atoms with Crippen molar-refractivity contribution in [2.75, 3.05) is 26.2 Å². The van der Waals surface area contributed by atoms with Gasteiger partial charge in [-0.15, -0.1) is 0 Å². The monoisotopic (exact) mass is 274 g/mol. The predicted molar refractivity (Wildman–Crippen MR) is 87.1 cm³/mol. The number of rotatable bonds is 5. The molecule has 112 valence electrons. The number of aryl methyl sites for hydroxylation is 1. The van der Waals surface area contributed by atoms with Gasteiger partial charge < -0.3 is 10.2 Å². The molecule has 1 aromatic carbocycles. The van der Waals surface area contributed by atoms with Crippen molar-refractivity contribution in [1.29, 1.82) is 0 Å². The van der Waals surface area contributed by atoms with Gasteiger partial charge in [0.15, 0.2) is 0 Å². The summed E-state index contributed by atoms with van der Waals surface area (Å²) in [5, 5.41) is 3.67. The summed E-state index contributed by atoms with van der Waals surface area (Å²) in [5.41, 5.74) is 3.33. The maximum absolute atomic E-state index is 3.67. The van der Waals surface area contributed by atoms with E-state index in [1.807, 2.05) is 0 Å². The van der Waals surface area contributed by atoms with E-state index in [0.717, 1.165) is 13.1 Å². The minimum Gasteiger partial charge on any atom is -0.309 e. The first-order valence-electron chi connectivity index (χ1n) is 8.03. The van der Waals surface area contributed by atoms with Crippen LogP contribution in [-0.2, 0) is 0 Å². The van der Waals surface area contributed by atoms with Gasteiger partial charge in [-0.2, -0.15) is 0 Å². The highest BCUT2D eigenvalue weighted by atomic mass is 15.2. The van der Waals surface area contributed by atoms with Gasteiger partial charge in [0, 0.05) is 19.1 Å². The topological polar surface area (TPSA) is 15.3 Å². The molecule has 0 saturated carbocycles. The van der Waals surface area contributed by atoms with Crippen molar-refractivity contribution in [2.24, 2.45) is 5.41 Å². The van der Waals surface area contributed by atoms with E-state index >= 15 is 0 Å². The first-order chi connectivity index (χ1) is 9.52. The third kappa shape index (κ3) is 4.07. The Morgan fingerprint density at radius 3 is 2.70 bits per heavy atom. The highest BCUT2D eigenvalue weighted by molar-refractivity contribution is 5.29. The predicted octanol–water partition coefficient (Wildman–Crippen LogP) is 3.77. The Morgan fingerprint density at radius 1 is 1.30 bits per heavy atom. The second-order valence-corrected chi connectivity index (χ2v) is 6.97. The molecule has 2 nitrogen and oxygen atoms in total. The van der Waals surface area contributed by atoms with Crippen LogP contribution in [0.3, 0.4) is 0 Å². The zero-order chi connectivity index (χ0) is 14.6. The molecular formula is C18H30N2. The number of hydrogen-bond acceptors (Lipinski definition) is 2. The average molecular weight is 274 g/mol. The summed E-state index contributed by atoms with van der Waals surface area (Å²) in [7, 11) is 0. The molecular weight excluding hydrogens is 244 g/mol. The number of piperidine rings is 1. The largest absolute Gasteiger partial charge is 0.309 e. The van der Waals surface area contributed by atoms with Crippen LogP contribution in [0.25, 0.3) is 0 Å². The van der Waals surface area contributed by atoms with Crippen molar-refractivity contribution in [3.63, 3.8) is 0 Å². The van der Waals surface area contributed by atoms with Crippen molar-refractivity contribution >= 4 is 0 Å². The van der Waals surface area contributed by atoms with Crippen molar-refractivity contribution in [2.45, 2.75) is 46.6 Å². The van der Waals surface area contributed by atoms with Crippen molar-refractivity contribution in [3.05, 3.63) is 35.4 Å². The Kier molecular flexibility index (Phi) is 5.22. The average Bonchev–Trinajstić information content (AvgIpc) is 2.38. The molecule has 0 radical (unpaired) electrons. The fourth-order valence-corrected chi connectivity index (χ4v) is 3.46. The minimum absolute atomic E-state index is 0.454. The molecule has 2 rings (SSSR count). The maximum Gasteiger partial charge on any atom is 0.0451 e. The van der Waals surface area contributed by atoms with Gasteiger partial charge in [0.1, 0.15) is 0 Å². The molecule has 1 aliphatic rings. The molecule has 0 aliphatic carbocycles. The first-order valence-corrected chi connectivity index (χ1v) is 8.03. The van der Waals surface area contributed by atoms with Gasteiger partial charge in [-0.25, -0.2) is 0 Å². The van der Waals surface area contributed by atoms with Crippen LogP contribution in [0.15, 0.2) is 24.3 Å². The lowest BCUT2D eigenvalue weighted by molar-refractivity contribution is 0.107. The zero-order valence-electron chi connectivity index (χ0n) is 13.6. The van der Waals surface area contributed by atoms with E-state index in [-0.39, 0.29) is 0 Å². The van der Waals surface area contributed by atoms with Gasteiger partial charge in [0.05, 0.1) is 0 Å². The lowest BCUT2D eigenvalue weighted by atomic mass is 9.84. The number of nitrogens with zero attached hydrogens (tertiary/aromatic N) is 1. The van der Waals surface area contributed by atoms with E-state index in [2.05, 4.69) is 62.2 Å². The van der Waals surface area contributed by atoms with Crippen LogP contribution in [0, 0.1) is 12.3 Å². The Balaban J connectivity index is 2.08. The van der Waals surface area contributed by atoms with Gasteiger partial charge in [-0.1, -0.05) is 45.0 Å². The summed E-state index contributed by atoms with van der Waals surface area (Å²) >= 11 is 0. The van der Waals surface area contributed by atoms with Gasteiger partial charge in [-0.05, 0) is 49.4 Å². The molecule has 1 aliphatic heterocycles. The molecule has 1 N–H and O–H groups in total. The lowest BCUT2D eigenvalue weighted by Gasteiger charge is -2.40. The Hall–Kier alpha value is -0.860. The second-order valence-electron chi connectivity index (χ2n) is 6.97. The normalized spacial score (nSPS) is 20.8. The third-order valence-corrected chi connectivity index (χ3v) is 4.43.